The molecule has 0 aromatic rings. The Bertz CT molecular complexity index is 1050. The third-order valence-electron chi connectivity index (χ3n) is 12.0. The van der Waals surface area contributed by atoms with Crippen molar-refractivity contribution in [1.29, 1.82) is 0 Å². The summed E-state index contributed by atoms with van der Waals surface area (Å²) in [6.07, 6.45) is -5.28. The lowest BCUT2D eigenvalue weighted by Gasteiger charge is -2.48. The number of ether oxygens (including phenoxy) is 8. The van der Waals surface area contributed by atoms with E-state index in [4.69, 9.17) is 45.5 Å². The first-order chi connectivity index (χ1) is 25.3. The van der Waals surface area contributed by atoms with Crippen LogP contribution in [-0.4, -0.2) is 129 Å². The van der Waals surface area contributed by atoms with E-state index in [-0.39, 0.29) is 72.4 Å². The highest BCUT2D eigenvalue weighted by molar-refractivity contribution is 14.1. The summed E-state index contributed by atoms with van der Waals surface area (Å²) in [5, 5.41) is 10.6. The van der Waals surface area contributed by atoms with Crippen molar-refractivity contribution in [3.05, 3.63) is 0 Å². The fraction of sp³-hybridized carbons (Fsp3) is 0.944. The number of hydrogen-bond donors (Lipinski definition) is 2. The molecule has 4 saturated heterocycles. The summed E-state index contributed by atoms with van der Waals surface area (Å²) < 4.78 is 59.3. The Balaban J connectivity index is 0.000000357. The van der Waals surface area contributed by atoms with E-state index in [1.807, 2.05) is 34.6 Å². The molecule has 0 aliphatic carbocycles. The predicted octanol–water partition coefficient (Wildman–Crippen LogP) is 4.41. The molecule has 0 bridgehead atoms. The Kier molecular flexibility index (Phi) is 23.1. The van der Waals surface area contributed by atoms with Crippen LogP contribution in [0.5, 0.6) is 0 Å². The Labute approximate surface area is 358 Å². The zero-order valence-electron chi connectivity index (χ0n) is 34.6. The molecule has 0 radical (unpaired) electrons. The summed E-state index contributed by atoms with van der Waals surface area (Å²) >= 11 is 2.90. The number of aliphatic hydroxyl groups is 1. The molecule has 18 heteroatoms. The molecule has 4 heterocycles. The molecule has 314 valence electrons. The van der Waals surface area contributed by atoms with Gasteiger partial charge in [0.15, 0.2) is 37.4 Å². The number of rotatable bonds is 10. The molecule has 4 aliphatic heterocycles. The van der Waals surface area contributed by atoms with Crippen molar-refractivity contribution >= 4 is 77.0 Å². The monoisotopic (exact) mass is 1030 g/mol. The van der Waals surface area contributed by atoms with E-state index >= 15 is 0 Å². The third-order valence-corrected chi connectivity index (χ3v) is 15.0. The lowest BCUT2D eigenvalue weighted by Crippen LogP contribution is -2.59. The average Bonchev–Trinajstić information content (AvgIpc) is 3.12. The number of carbonyl (C=O) groups excluding carboxylic acids is 2. The Morgan fingerprint density at radius 3 is 1.22 bits per heavy atom. The highest BCUT2D eigenvalue weighted by Gasteiger charge is 2.50. The molecule has 4 fully saturated rings. The van der Waals surface area contributed by atoms with Crippen molar-refractivity contribution in [3.63, 3.8) is 0 Å². The number of halogens is 2. The number of carbonyl (C=O) groups is 2. The van der Waals surface area contributed by atoms with Crippen molar-refractivity contribution in [1.82, 2.24) is 0 Å². The minimum absolute atomic E-state index is 0.0352. The van der Waals surface area contributed by atoms with Crippen LogP contribution < -0.4 is 5.73 Å². The summed E-state index contributed by atoms with van der Waals surface area (Å²) in [5.74, 6) is 0.690. The maximum atomic E-state index is 11.7. The molecule has 4 rings (SSSR count). The zero-order valence-corrected chi connectivity index (χ0v) is 41.8. The van der Waals surface area contributed by atoms with Gasteiger partial charge < -0.3 is 56.3 Å². The number of esters is 2. The summed E-state index contributed by atoms with van der Waals surface area (Å²) in [5.41, 5.74) is 4.50. The van der Waals surface area contributed by atoms with Crippen LogP contribution >= 0.6 is 40.5 Å². The maximum Gasteiger partial charge on any atom is 0.527 e. The van der Waals surface area contributed by atoms with Crippen molar-refractivity contribution in [2.75, 3.05) is 7.05 Å². The number of aliphatic hydroxyl groups excluding tert-OH is 1. The third kappa shape index (κ3) is 13.5. The smallest absolute Gasteiger partial charge is 0.470 e. The molecular formula is C36H67Al2I2NO13. The Hall–Kier alpha value is 1.06. The highest BCUT2D eigenvalue weighted by Crippen LogP contribution is 2.40. The molecule has 0 aromatic carbocycles. The molecule has 0 aromatic heterocycles. The molecule has 0 amide bonds. The van der Waals surface area contributed by atoms with Gasteiger partial charge in [0.1, 0.15) is 18.3 Å². The van der Waals surface area contributed by atoms with Crippen LogP contribution in [0.15, 0.2) is 0 Å². The van der Waals surface area contributed by atoms with Crippen molar-refractivity contribution in [3.8, 4) is 0 Å². The van der Waals surface area contributed by atoms with Gasteiger partial charge in [-0.05, 0) is 58.4 Å². The van der Waals surface area contributed by atoms with Gasteiger partial charge in [-0.15, -0.1) is 0 Å². The predicted molar refractivity (Wildman–Crippen MR) is 223 cm³/mol. The van der Waals surface area contributed by atoms with Crippen molar-refractivity contribution < 1.29 is 60.2 Å². The van der Waals surface area contributed by atoms with Crippen molar-refractivity contribution in [2.24, 2.45) is 47.2 Å². The first kappa shape index (κ1) is 51.2. The van der Waals surface area contributed by atoms with Gasteiger partial charge in [-0.2, -0.15) is 40.5 Å². The van der Waals surface area contributed by atoms with Crippen LogP contribution in [0.2, 0.25) is 0 Å². The van der Waals surface area contributed by atoms with Crippen LogP contribution in [0, 0.1) is 41.4 Å². The summed E-state index contributed by atoms with van der Waals surface area (Å²) in [7, 11) is 1.50. The van der Waals surface area contributed by atoms with Crippen LogP contribution in [-0.2, 0) is 55.1 Å². The highest BCUT2D eigenvalue weighted by atomic mass is 127. The molecule has 54 heavy (non-hydrogen) atoms. The van der Waals surface area contributed by atoms with Crippen LogP contribution in [0.25, 0.3) is 0 Å². The molecule has 4 aliphatic rings. The minimum Gasteiger partial charge on any atom is -0.470 e. The summed E-state index contributed by atoms with van der Waals surface area (Å²) in [6, 6.07) is 0. The van der Waals surface area contributed by atoms with Gasteiger partial charge in [-0.3, -0.25) is 9.59 Å². The van der Waals surface area contributed by atoms with Crippen LogP contribution in [0.1, 0.15) is 90.0 Å². The average molecular weight is 1030 g/mol. The minimum atomic E-state index is -0.806. The van der Waals surface area contributed by atoms with Gasteiger partial charge in [0.05, 0.1) is 24.4 Å². The lowest BCUT2D eigenvalue weighted by molar-refractivity contribution is -0.329. The van der Waals surface area contributed by atoms with Gasteiger partial charge in [0, 0.05) is 31.6 Å². The Morgan fingerprint density at radius 1 is 0.500 bits per heavy atom. The van der Waals surface area contributed by atoms with E-state index in [0.29, 0.717) is 11.8 Å². The van der Waals surface area contributed by atoms with E-state index in [2.05, 4.69) is 87.8 Å². The first-order valence-corrected chi connectivity index (χ1v) is 30.6. The number of hydrogen-bond acceptors (Lipinski definition) is 14. The van der Waals surface area contributed by atoms with E-state index in [1.165, 1.54) is 20.9 Å². The van der Waals surface area contributed by atoms with Crippen LogP contribution in [0.4, 0.5) is 0 Å². The second-order valence-electron chi connectivity index (χ2n) is 15.2. The molecular weight excluding hydrogens is 962 g/mol. The quantitative estimate of drug-likeness (QED) is 0.179. The van der Waals surface area contributed by atoms with Gasteiger partial charge in [0.2, 0.25) is 0 Å². The SMILES string of the molecule is CC(=O)OC1[C@H]([O][AlH][I])OC(C)[C@H](C)[C@@H]1O[C@@H]1OC(C)[C@H](C)[C@H](C)C1C.CC(=O)OC1[C@H]([O][AlH][I])OC(C)[C@H](C)[C@@H]1O[C@@H]1OC(C)[C@H](C)[C@H](C)C1O.CN. The lowest BCUT2D eigenvalue weighted by atomic mass is 9.79. The van der Waals surface area contributed by atoms with Gasteiger partial charge in [-0.1, -0.05) is 48.5 Å². The summed E-state index contributed by atoms with van der Waals surface area (Å²) in [4.78, 5) is 23.3. The normalized spacial score (nSPS) is 45.0. The molecule has 0 saturated carbocycles. The van der Waals surface area contributed by atoms with E-state index < -0.39 is 73.8 Å². The second-order valence-corrected chi connectivity index (χ2v) is 20.1. The van der Waals surface area contributed by atoms with Crippen LogP contribution in [0.3, 0.4) is 0 Å². The second kappa shape index (κ2) is 24.4. The maximum absolute atomic E-state index is 11.7. The van der Waals surface area contributed by atoms with Crippen molar-refractivity contribution in [2.45, 2.75) is 170 Å². The Morgan fingerprint density at radius 2 is 0.833 bits per heavy atom. The molecule has 0 spiro atoms. The molecule has 8 unspecified atom stereocenters. The molecule has 20 atom stereocenters. The van der Waals surface area contributed by atoms with Gasteiger partial charge in [-0.25, -0.2) is 0 Å². The van der Waals surface area contributed by atoms with Gasteiger partial charge >= 0.3 is 36.5 Å². The fourth-order valence-electron chi connectivity index (χ4n) is 7.29. The fourth-order valence-corrected chi connectivity index (χ4v) is 10.2. The number of nitrogens with two attached hydrogens (primary N) is 1. The standard InChI is InChI=1S/C18H31O6.C17H29O7.CH5N.2Al.2HI.2H/c1-8-9(2)12(5)22-18(10(8)3)24-15-11(4)13(6)21-17(20)16(15)23-14(7)19;1-7-8(2)13(19)17(22-10(7)4)24-14-9(3)11(5)21-16(20)15(14)23-12(6)18;1-2;;;;;;/h8-13,15-18H,1-7H3;7-11,13-17,19H,1-6H3;2H2,1H3;;;2*1H;;/q2*-1;;2*+2;;;;/p-2/t8-,9+,10?,11-,12?,13?,15-,16?,17+,18-;7-,8+,9+,10?,11?,13?,14+,15?,16-,17+;;;;;;;/m01......./s1. The van der Waals surface area contributed by atoms with E-state index in [9.17, 15) is 14.7 Å². The molecule has 14 nitrogen and oxygen atoms in total. The largest absolute Gasteiger partial charge is 0.527 e. The van der Waals surface area contributed by atoms with Gasteiger partial charge in [0.25, 0.3) is 0 Å². The zero-order chi connectivity index (χ0) is 41.2. The van der Waals surface area contributed by atoms with E-state index in [1.54, 1.807) is 0 Å². The summed E-state index contributed by atoms with van der Waals surface area (Å²) in [6.45, 7) is 25.5. The topological polar surface area (TPSA) is 173 Å². The first-order valence-electron chi connectivity index (χ1n) is 19.2. The molecule has 3 N–H and O–H groups in total. The van der Waals surface area contributed by atoms with E-state index in [0.717, 1.165) is 0 Å².